The molecule has 5 heteroatoms. The van der Waals surface area contributed by atoms with E-state index in [0.717, 1.165) is 6.42 Å². The van der Waals surface area contributed by atoms with Crippen molar-refractivity contribution in [2.45, 2.75) is 12.5 Å². The fourth-order valence-corrected chi connectivity index (χ4v) is 2.38. The molecule has 1 amide bonds. The van der Waals surface area contributed by atoms with Crippen LogP contribution in [0.25, 0.3) is 0 Å². The van der Waals surface area contributed by atoms with E-state index in [1.54, 1.807) is 11.0 Å². The zero-order chi connectivity index (χ0) is 12.5. The van der Waals surface area contributed by atoms with Gasteiger partial charge in [0, 0.05) is 19.1 Å². The van der Waals surface area contributed by atoms with Crippen LogP contribution in [-0.2, 0) is 0 Å². The van der Waals surface area contributed by atoms with Crippen molar-refractivity contribution in [2.24, 2.45) is 5.73 Å². The summed E-state index contributed by atoms with van der Waals surface area (Å²) in [5.74, 6) is 1.19. The van der Waals surface area contributed by atoms with Crippen LogP contribution in [0.2, 0.25) is 0 Å². The predicted octanol–water partition coefficient (Wildman–Crippen LogP) is 0.631. The second kappa shape index (κ2) is 4.49. The summed E-state index contributed by atoms with van der Waals surface area (Å²) < 4.78 is 11.0. The first kappa shape index (κ1) is 11.3. The molecule has 0 aromatic heterocycles. The molecule has 0 saturated carbocycles. The van der Waals surface area contributed by atoms with Crippen molar-refractivity contribution in [1.29, 1.82) is 0 Å². The number of hydrogen-bond acceptors (Lipinski definition) is 4. The van der Waals surface area contributed by atoms with Gasteiger partial charge < -0.3 is 20.1 Å². The summed E-state index contributed by atoms with van der Waals surface area (Å²) in [4.78, 5) is 14.2. The molecule has 2 aliphatic rings. The zero-order valence-electron chi connectivity index (χ0n) is 10.1. The number of fused-ring (bicyclic) bond motifs is 1. The molecule has 0 aliphatic carbocycles. The van der Waals surface area contributed by atoms with E-state index >= 15 is 0 Å². The Morgan fingerprint density at radius 2 is 2.17 bits per heavy atom. The number of benzene rings is 1. The smallest absolute Gasteiger partial charge is 0.257 e. The minimum Gasteiger partial charge on any atom is -0.486 e. The lowest BCUT2D eigenvalue weighted by Gasteiger charge is -2.23. The Hall–Kier alpha value is -1.75. The van der Waals surface area contributed by atoms with Gasteiger partial charge in [0.2, 0.25) is 0 Å². The Bertz CT molecular complexity index is 475. The largest absolute Gasteiger partial charge is 0.486 e. The summed E-state index contributed by atoms with van der Waals surface area (Å²) in [6, 6.07) is 5.50. The number of nitrogens with zero attached hydrogens (tertiary/aromatic N) is 1. The lowest BCUT2D eigenvalue weighted by Crippen LogP contribution is -2.32. The number of likely N-dealkylation sites (tertiary alicyclic amines) is 1. The topological polar surface area (TPSA) is 64.8 Å². The predicted molar refractivity (Wildman–Crippen MR) is 65.9 cm³/mol. The van der Waals surface area contributed by atoms with E-state index in [4.69, 9.17) is 15.2 Å². The van der Waals surface area contributed by atoms with E-state index in [1.807, 2.05) is 12.1 Å². The Morgan fingerprint density at radius 3 is 2.94 bits per heavy atom. The van der Waals surface area contributed by atoms with Gasteiger partial charge in [0.15, 0.2) is 11.5 Å². The Kier molecular flexibility index (Phi) is 2.83. The van der Waals surface area contributed by atoms with E-state index in [9.17, 15) is 4.79 Å². The Morgan fingerprint density at radius 1 is 1.33 bits per heavy atom. The molecule has 96 valence electrons. The van der Waals surface area contributed by atoms with Crippen molar-refractivity contribution in [3.63, 3.8) is 0 Å². The summed E-state index contributed by atoms with van der Waals surface area (Å²) in [6.07, 6.45) is 0.859. The number of carbonyl (C=O) groups is 1. The van der Waals surface area contributed by atoms with E-state index in [0.29, 0.717) is 43.4 Å². The second-order valence-electron chi connectivity index (χ2n) is 4.63. The van der Waals surface area contributed by atoms with Crippen LogP contribution in [0.1, 0.15) is 16.8 Å². The molecule has 2 aliphatic heterocycles. The van der Waals surface area contributed by atoms with E-state index in [-0.39, 0.29) is 11.9 Å². The molecule has 3 rings (SSSR count). The van der Waals surface area contributed by atoms with Crippen molar-refractivity contribution < 1.29 is 14.3 Å². The molecule has 0 spiro atoms. The number of carbonyl (C=O) groups excluding carboxylic acids is 1. The number of para-hydroxylation sites is 1. The average molecular weight is 248 g/mol. The van der Waals surface area contributed by atoms with Crippen LogP contribution < -0.4 is 15.2 Å². The summed E-state index contributed by atoms with van der Waals surface area (Å²) >= 11 is 0. The number of rotatable bonds is 1. The normalized spacial score (nSPS) is 22.1. The molecular formula is C13H16N2O3. The molecule has 0 unspecified atom stereocenters. The summed E-state index contributed by atoms with van der Waals surface area (Å²) in [6.45, 7) is 2.34. The fraction of sp³-hybridized carbons (Fsp3) is 0.462. The van der Waals surface area contributed by atoms with Crippen LogP contribution in [0.4, 0.5) is 0 Å². The van der Waals surface area contributed by atoms with Gasteiger partial charge in [0.05, 0.1) is 5.56 Å². The molecular weight excluding hydrogens is 232 g/mol. The zero-order valence-corrected chi connectivity index (χ0v) is 10.1. The van der Waals surface area contributed by atoms with Gasteiger partial charge in [-0.1, -0.05) is 6.07 Å². The van der Waals surface area contributed by atoms with Crippen LogP contribution in [0.15, 0.2) is 18.2 Å². The molecule has 1 aromatic rings. The van der Waals surface area contributed by atoms with Crippen molar-refractivity contribution in [2.75, 3.05) is 26.3 Å². The van der Waals surface area contributed by atoms with Gasteiger partial charge in [0.25, 0.3) is 5.91 Å². The third-order valence-corrected chi connectivity index (χ3v) is 3.31. The molecule has 1 aromatic carbocycles. The molecule has 0 bridgehead atoms. The SMILES string of the molecule is N[C@@H]1CCN(C(=O)c2cccc3c2OCCO3)C1. The third-order valence-electron chi connectivity index (χ3n) is 3.31. The first-order valence-corrected chi connectivity index (χ1v) is 6.19. The van der Waals surface area contributed by atoms with Gasteiger partial charge in [-0.15, -0.1) is 0 Å². The molecule has 1 fully saturated rings. The van der Waals surface area contributed by atoms with Crippen LogP contribution >= 0.6 is 0 Å². The van der Waals surface area contributed by atoms with Crippen molar-refractivity contribution in [1.82, 2.24) is 4.90 Å². The van der Waals surface area contributed by atoms with Gasteiger partial charge in [-0.3, -0.25) is 4.79 Å². The van der Waals surface area contributed by atoms with E-state index < -0.39 is 0 Å². The van der Waals surface area contributed by atoms with Gasteiger partial charge in [-0.2, -0.15) is 0 Å². The lowest BCUT2D eigenvalue weighted by atomic mass is 10.1. The van der Waals surface area contributed by atoms with E-state index in [2.05, 4.69) is 0 Å². The van der Waals surface area contributed by atoms with Gasteiger partial charge in [-0.25, -0.2) is 0 Å². The highest BCUT2D eigenvalue weighted by atomic mass is 16.6. The molecule has 1 atom stereocenters. The summed E-state index contributed by atoms with van der Waals surface area (Å²) in [5.41, 5.74) is 6.40. The highest BCUT2D eigenvalue weighted by molar-refractivity contribution is 5.98. The summed E-state index contributed by atoms with van der Waals surface area (Å²) in [7, 11) is 0. The highest BCUT2D eigenvalue weighted by Gasteiger charge is 2.28. The minimum atomic E-state index is -0.0229. The molecule has 0 radical (unpaired) electrons. The quantitative estimate of drug-likeness (QED) is 0.791. The van der Waals surface area contributed by atoms with Gasteiger partial charge in [0.1, 0.15) is 13.2 Å². The van der Waals surface area contributed by atoms with Gasteiger partial charge in [-0.05, 0) is 18.6 Å². The standard InChI is InChI=1S/C13H16N2O3/c14-9-4-5-15(8-9)13(16)10-2-1-3-11-12(10)18-7-6-17-11/h1-3,9H,4-8,14H2/t9-/m1/s1. The molecule has 2 N–H and O–H groups in total. The fourth-order valence-electron chi connectivity index (χ4n) is 2.38. The molecule has 5 nitrogen and oxygen atoms in total. The molecule has 2 heterocycles. The highest BCUT2D eigenvalue weighted by Crippen LogP contribution is 2.34. The Balaban J connectivity index is 1.90. The molecule has 1 saturated heterocycles. The number of nitrogens with two attached hydrogens (primary N) is 1. The maximum atomic E-state index is 12.4. The van der Waals surface area contributed by atoms with Crippen LogP contribution in [0.3, 0.4) is 0 Å². The third kappa shape index (κ3) is 1.90. The monoisotopic (exact) mass is 248 g/mol. The number of ether oxygens (including phenoxy) is 2. The number of hydrogen-bond donors (Lipinski definition) is 1. The van der Waals surface area contributed by atoms with Crippen molar-refractivity contribution >= 4 is 5.91 Å². The first-order valence-electron chi connectivity index (χ1n) is 6.19. The Labute approximate surface area is 105 Å². The average Bonchev–Trinajstić information content (AvgIpc) is 2.84. The van der Waals surface area contributed by atoms with Crippen LogP contribution in [0.5, 0.6) is 11.5 Å². The maximum Gasteiger partial charge on any atom is 0.257 e. The van der Waals surface area contributed by atoms with Crippen molar-refractivity contribution in [3.8, 4) is 11.5 Å². The van der Waals surface area contributed by atoms with Gasteiger partial charge >= 0.3 is 0 Å². The minimum absolute atomic E-state index is 0.0229. The molecule has 18 heavy (non-hydrogen) atoms. The van der Waals surface area contributed by atoms with Crippen LogP contribution in [-0.4, -0.2) is 43.2 Å². The lowest BCUT2D eigenvalue weighted by molar-refractivity contribution is 0.0780. The first-order chi connectivity index (χ1) is 8.75. The van der Waals surface area contributed by atoms with E-state index in [1.165, 1.54) is 0 Å². The van der Waals surface area contributed by atoms with Crippen molar-refractivity contribution in [3.05, 3.63) is 23.8 Å². The maximum absolute atomic E-state index is 12.4. The number of amides is 1. The van der Waals surface area contributed by atoms with Crippen LogP contribution in [0, 0.1) is 0 Å². The summed E-state index contributed by atoms with van der Waals surface area (Å²) in [5, 5.41) is 0. The second-order valence-corrected chi connectivity index (χ2v) is 4.63.